The molecule has 0 heterocycles. The first kappa shape index (κ1) is 31.5. The van der Waals surface area contributed by atoms with Gasteiger partial charge in [-0.15, -0.1) is 0 Å². The molecule has 37 heavy (non-hydrogen) atoms. The summed E-state index contributed by atoms with van der Waals surface area (Å²) in [6.07, 6.45) is -7.38. The number of allylic oxidation sites excluding steroid dienone is 1. The van der Waals surface area contributed by atoms with Crippen LogP contribution in [0.2, 0.25) is 15.1 Å². The van der Waals surface area contributed by atoms with E-state index in [1.807, 2.05) is 0 Å². The Morgan fingerprint density at radius 1 is 1.00 bits per heavy atom. The van der Waals surface area contributed by atoms with Crippen molar-refractivity contribution in [2.45, 2.75) is 31.1 Å². The van der Waals surface area contributed by atoms with Crippen LogP contribution in [0.5, 0.6) is 0 Å². The highest BCUT2D eigenvalue weighted by molar-refractivity contribution is 7.99. The zero-order valence-corrected chi connectivity index (χ0v) is 21.8. The summed E-state index contributed by atoms with van der Waals surface area (Å²) < 4.78 is 106. The van der Waals surface area contributed by atoms with Crippen LogP contribution in [0, 0.1) is 0 Å². The lowest BCUT2D eigenvalue weighted by molar-refractivity contribution is -0.138. The minimum atomic E-state index is -4.98. The van der Waals surface area contributed by atoms with Crippen LogP contribution in [-0.2, 0) is 6.18 Å². The molecule has 0 fully saturated rings. The third-order valence-corrected chi connectivity index (χ3v) is 7.00. The quantitative estimate of drug-likeness (QED) is 0.173. The predicted octanol–water partition coefficient (Wildman–Crippen LogP) is 9.14. The Hall–Kier alpha value is -1.69. The van der Waals surface area contributed by atoms with Crippen LogP contribution in [0.15, 0.2) is 36.4 Å². The standard InChI is InChI=1S/C23H18Cl3F8NOS/c1-21(27,28)15(13-9-17(24)19(26)18(25)10-13)5-3-12-2-4-14(16(8-12)23(32,33)34)20(36)35-6-7-37-11-22(29,30)31/h2-5,8-10,15H,6-7,11H2,1H3,(H,35,36)/b5-3+. The number of benzene rings is 2. The average molecular weight is 615 g/mol. The number of nitrogens with one attached hydrogen (secondary N) is 1. The highest BCUT2D eigenvalue weighted by Crippen LogP contribution is 2.40. The van der Waals surface area contributed by atoms with Gasteiger partial charge < -0.3 is 5.32 Å². The molecule has 2 nitrogen and oxygen atoms in total. The Balaban J connectivity index is 2.30. The summed E-state index contributed by atoms with van der Waals surface area (Å²) in [6, 6.07) is 4.92. The molecular formula is C23H18Cl3F8NOS. The number of hydrogen-bond donors (Lipinski definition) is 1. The Labute approximate surface area is 226 Å². The molecule has 0 saturated heterocycles. The number of hydrogen-bond acceptors (Lipinski definition) is 2. The van der Waals surface area contributed by atoms with E-state index in [4.69, 9.17) is 34.8 Å². The van der Waals surface area contributed by atoms with Crippen molar-refractivity contribution in [2.24, 2.45) is 0 Å². The fourth-order valence-electron chi connectivity index (χ4n) is 3.15. The van der Waals surface area contributed by atoms with Crippen molar-refractivity contribution in [1.29, 1.82) is 0 Å². The second kappa shape index (κ2) is 12.4. The fourth-order valence-corrected chi connectivity index (χ4v) is 4.39. The van der Waals surface area contributed by atoms with Crippen LogP contribution >= 0.6 is 46.6 Å². The van der Waals surface area contributed by atoms with Crippen molar-refractivity contribution >= 4 is 58.5 Å². The number of carbonyl (C=O) groups excluding carboxylic acids is 1. The summed E-state index contributed by atoms with van der Waals surface area (Å²) in [5, 5.41) is 1.93. The molecule has 1 amide bonds. The molecule has 2 aromatic carbocycles. The van der Waals surface area contributed by atoms with Crippen LogP contribution in [0.1, 0.15) is 39.9 Å². The maximum Gasteiger partial charge on any atom is 0.417 e. The summed E-state index contributed by atoms with van der Waals surface area (Å²) in [5.41, 5.74) is -2.27. The van der Waals surface area contributed by atoms with E-state index in [-0.39, 0.29) is 38.5 Å². The van der Waals surface area contributed by atoms with Gasteiger partial charge in [-0.3, -0.25) is 4.79 Å². The highest BCUT2D eigenvalue weighted by Gasteiger charge is 2.36. The molecule has 0 aliphatic carbocycles. The van der Waals surface area contributed by atoms with Crippen molar-refractivity contribution in [3.63, 3.8) is 0 Å². The summed E-state index contributed by atoms with van der Waals surface area (Å²) in [6.45, 7) is 0.317. The largest absolute Gasteiger partial charge is 0.417 e. The molecule has 204 valence electrons. The van der Waals surface area contributed by atoms with E-state index in [1.165, 1.54) is 12.1 Å². The molecule has 0 spiro atoms. The maximum atomic E-state index is 14.3. The van der Waals surface area contributed by atoms with Crippen molar-refractivity contribution in [3.8, 4) is 0 Å². The van der Waals surface area contributed by atoms with Gasteiger partial charge in [0.15, 0.2) is 0 Å². The number of amides is 1. The predicted molar refractivity (Wildman–Crippen MR) is 131 cm³/mol. The second-order valence-corrected chi connectivity index (χ2v) is 10.1. The monoisotopic (exact) mass is 613 g/mol. The van der Waals surface area contributed by atoms with Crippen molar-refractivity contribution in [3.05, 3.63) is 73.7 Å². The molecule has 1 N–H and O–H groups in total. The van der Waals surface area contributed by atoms with E-state index < -0.39 is 47.0 Å². The van der Waals surface area contributed by atoms with Gasteiger partial charge in [0.2, 0.25) is 0 Å². The van der Waals surface area contributed by atoms with E-state index in [0.717, 1.165) is 24.3 Å². The van der Waals surface area contributed by atoms with Crippen LogP contribution in [0.3, 0.4) is 0 Å². The molecule has 2 rings (SSSR count). The third kappa shape index (κ3) is 9.53. The van der Waals surface area contributed by atoms with E-state index in [2.05, 4.69) is 5.32 Å². The van der Waals surface area contributed by atoms with Gasteiger partial charge in [0, 0.05) is 19.2 Å². The Morgan fingerprint density at radius 2 is 1.59 bits per heavy atom. The summed E-state index contributed by atoms with van der Waals surface area (Å²) >= 11 is 18.2. The molecule has 14 heteroatoms. The molecule has 0 aliphatic heterocycles. The van der Waals surface area contributed by atoms with Gasteiger partial charge in [-0.2, -0.15) is 38.1 Å². The van der Waals surface area contributed by atoms with E-state index >= 15 is 0 Å². The average Bonchev–Trinajstić information content (AvgIpc) is 2.74. The lowest BCUT2D eigenvalue weighted by atomic mass is 9.92. The Morgan fingerprint density at radius 3 is 2.11 bits per heavy atom. The van der Waals surface area contributed by atoms with Gasteiger partial charge in [0.25, 0.3) is 11.8 Å². The third-order valence-electron chi connectivity index (χ3n) is 4.78. The zero-order valence-electron chi connectivity index (χ0n) is 18.7. The molecular weight excluding hydrogens is 597 g/mol. The topological polar surface area (TPSA) is 29.1 Å². The molecule has 0 radical (unpaired) electrons. The van der Waals surface area contributed by atoms with Gasteiger partial charge in [0.1, 0.15) is 0 Å². The number of thioether (sulfide) groups is 1. The van der Waals surface area contributed by atoms with Crippen LogP contribution in [-0.4, -0.2) is 36.1 Å². The number of halogens is 11. The number of rotatable bonds is 9. The summed E-state index contributed by atoms with van der Waals surface area (Å²) in [7, 11) is 0. The van der Waals surface area contributed by atoms with Crippen LogP contribution in [0.4, 0.5) is 35.1 Å². The molecule has 1 unspecified atom stereocenters. The Bertz CT molecular complexity index is 1120. The first-order chi connectivity index (χ1) is 16.9. The number of alkyl halides is 8. The van der Waals surface area contributed by atoms with Gasteiger partial charge in [0.05, 0.1) is 37.9 Å². The van der Waals surface area contributed by atoms with Crippen molar-refractivity contribution in [2.75, 3.05) is 18.1 Å². The molecule has 1 atom stereocenters. The molecule has 0 bridgehead atoms. The first-order valence-corrected chi connectivity index (χ1v) is 12.5. The van der Waals surface area contributed by atoms with Crippen molar-refractivity contribution < 1.29 is 39.9 Å². The zero-order chi connectivity index (χ0) is 28.2. The second-order valence-electron chi connectivity index (χ2n) is 7.82. The smallest absolute Gasteiger partial charge is 0.351 e. The van der Waals surface area contributed by atoms with Crippen LogP contribution in [0.25, 0.3) is 6.08 Å². The molecule has 0 aliphatic rings. The van der Waals surface area contributed by atoms with Gasteiger partial charge >= 0.3 is 12.4 Å². The normalized spacial score (nSPS) is 13.7. The van der Waals surface area contributed by atoms with Crippen LogP contribution < -0.4 is 5.32 Å². The minimum absolute atomic E-state index is 0.0291. The maximum absolute atomic E-state index is 14.3. The number of carbonyl (C=O) groups is 1. The highest BCUT2D eigenvalue weighted by atomic mass is 35.5. The van der Waals surface area contributed by atoms with E-state index in [1.54, 1.807) is 0 Å². The first-order valence-electron chi connectivity index (χ1n) is 10.2. The van der Waals surface area contributed by atoms with Crippen molar-refractivity contribution in [1.82, 2.24) is 5.32 Å². The molecule has 2 aromatic rings. The summed E-state index contributed by atoms with van der Waals surface area (Å²) in [4.78, 5) is 12.3. The van der Waals surface area contributed by atoms with Gasteiger partial charge in [-0.1, -0.05) is 53.0 Å². The SMILES string of the molecule is CC(F)(F)C(/C=C/c1ccc(C(=O)NCCSCC(F)(F)F)c(C(F)(F)F)c1)c1cc(Cl)c(Cl)c(Cl)c1. The lowest BCUT2D eigenvalue weighted by Gasteiger charge is -2.22. The molecule has 0 aromatic heterocycles. The minimum Gasteiger partial charge on any atom is -0.351 e. The van der Waals surface area contributed by atoms with Gasteiger partial charge in [-0.25, -0.2) is 8.78 Å². The summed E-state index contributed by atoms with van der Waals surface area (Å²) in [5.74, 6) is -7.47. The Kier molecular flexibility index (Phi) is 10.6. The fraction of sp³-hybridized carbons (Fsp3) is 0.348. The molecule has 0 saturated carbocycles. The van der Waals surface area contributed by atoms with E-state index in [0.29, 0.717) is 24.8 Å². The van der Waals surface area contributed by atoms with E-state index in [9.17, 15) is 39.9 Å². The van der Waals surface area contributed by atoms with Gasteiger partial charge in [-0.05, 0) is 35.4 Å². The lowest BCUT2D eigenvalue weighted by Crippen LogP contribution is -2.28.